The maximum atomic E-state index is 13.4. The molecular weight excluding hydrogens is 480 g/mol. The van der Waals surface area contributed by atoms with Crippen molar-refractivity contribution in [2.75, 3.05) is 13.6 Å². The Morgan fingerprint density at radius 3 is 2.26 bits per heavy atom. The number of carbonyl (C=O) groups is 2. The van der Waals surface area contributed by atoms with E-state index in [1.165, 1.54) is 43.2 Å². The van der Waals surface area contributed by atoms with Crippen LogP contribution in [-0.2, 0) is 9.59 Å². The zero-order valence-electron chi connectivity index (χ0n) is 23.8. The number of likely N-dealkylation sites (N-methyl/N-ethyl adjacent to an activating group) is 1. The van der Waals surface area contributed by atoms with Crippen LogP contribution in [-0.4, -0.2) is 36.3 Å². The number of nitrogens with zero attached hydrogens (tertiary/aromatic N) is 1. The number of nitrogens with one attached hydrogen (secondary N) is 1. The molecule has 1 N–H and O–H groups in total. The third-order valence-corrected chi connectivity index (χ3v) is 11.7. The van der Waals surface area contributed by atoms with E-state index in [1.807, 2.05) is 30.2 Å². The highest BCUT2D eigenvalue weighted by atomic mass is 16.2. The summed E-state index contributed by atoms with van der Waals surface area (Å²) in [5.41, 5.74) is 2.76. The Morgan fingerprint density at radius 2 is 1.59 bits per heavy atom. The van der Waals surface area contributed by atoms with Gasteiger partial charge in [0.25, 0.3) is 0 Å². The second kappa shape index (κ2) is 10.3. The van der Waals surface area contributed by atoms with E-state index in [1.54, 1.807) is 0 Å². The quantitative estimate of drug-likeness (QED) is 0.464. The van der Waals surface area contributed by atoms with Gasteiger partial charge in [-0.05, 0) is 84.8 Å². The zero-order chi connectivity index (χ0) is 27.2. The molecule has 2 aromatic rings. The molecular formula is C35H44N2O2. The van der Waals surface area contributed by atoms with E-state index in [9.17, 15) is 9.59 Å². The van der Waals surface area contributed by atoms with Crippen LogP contribution in [0.1, 0.15) is 75.8 Å². The Kier molecular flexibility index (Phi) is 6.93. The number of carbonyl (C=O) groups excluding carboxylic acids is 2. The fraction of sp³-hybridized carbons (Fsp3) is 0.543. The Balaban J connectivity index is 1.13. The standard InChI is InChI=1S/C35H44N2O2/c1-34-20-18-30-27(15-17-31-35(30,2)21-19-33(39)37(31)3)29(34)16-14-26(34)23-36-32(38)22-28(24-10-6-4-7-11-24)25-12-8-5-9-13-25/h4-13,19,21,26-31H,14-18,20,22-23H2,1-3H3,(H,36,38)/t26-,27+,29+,30+,31-,34-,35-/m1/s1. The molecule has 4 aliphatic rings. The van der Waals surface area contributed by atoms with Crippen molar-refractivity contribution in [3.63, 3.8) is 0 Å². The first-order valence-electron chi connectivity index (χ1n) is 15.1. The Bertz CT molecular complexity index is 1190. The van der Waals surface area contributed by atoms with E-state index in [-0.39, 0.29) is 28.6 Å². The molecule has 0 spiro atoms. The normalized spacial score (nSPS) is 35.3. The minimum Gasteiger partial charge on any atom is -0.356 e. The summed E-state index contributed by atoms with van der Waals surface area (Å²) in [4.78, 5) is 27.8. The molecule has 1 aliphatic heterocycles. The zero-order valence-corrected chi connectivity index (χ0v) is 23.8. The van der Waals surface area contributed by atoms with E-state index in [0.717, 1.165) is 18.9 Å². The van der Waals surface area contributed by atoms with Gasteiger partial charge in [0.15, 0.2) is 0 Å². The highest BCUT2D eigenvalue weighted by Gasteiger charge is 2.60. The smallest absolute Gasteiger partial charge is 0.246 e. The first-order chi connectivity index (χ1) is 18.8. The first-order valence-corrected chi connectivity index (χ1v) is 15.1. The molecule has 0 unspecified atom stereocenters. The average Bonchev–Trinajstić information content (AvgIpc) is 3.30. The summed E-state index contributed by atoms with van der Waals surface area (Å²) in [6, 6.07) is 21.2. The fourth-order valence-electron chi connectivity index (χ4n) is 9.48. The topological polar surface area (TPSA) is 49.4 Å². The lowest BCUT2D eigenvalue weighted by Gasteiger charge is -2.60. The van der Waals surface area contributed by atoms with E-state index in [4.69, 9.17) is 0 Å². The number of hydrogen-bond donors (Lipinski definition) is 1. The summed E-state index contributed by atoms with van der Waals surface area (Å²) in [7, 11) is 2.00. The van der Waals surface area contributed by atoms with Crippen LogP contribution in [0.15, 0.2) is 72.8 Å². The molecule has 6 rings (SSSR count). The van der Waals surface area contributed by atoms with Gasteiger partial charge in [0.1, 0.15) is 0 Å². The van der Waals surface area contributed by atoms with Gasteiger partial charge in [-0.2, -0.15) is 0 Å². The van der Waals surface area contributed by atoms with Crippen molar-refractivity contribution in [3.05, 3.63) is 83.9 Å². The van der Waals surface area contributed by atoms with Crippen LogP contribution < -0.4 is 5.32 Å². The molecule has 3 saturated carbocycles. The fourth-order valence-corrected chi connectivity index (χ4v) is 9.48. The molecule has 3 aliphatic carbocycles. The molecule has 206 valence electrons. The van der Waals surface area contributed by atoms with Gasteiger partial charge in [-0.3, -0.25) is 9.59 Å². The molecule has 4 nitrogen and oxygen atoms in total. The third kappa shape index (κ3) is 4.54. The van der Waals surface area contributed by atoms with Gasteiger partial charge < -0.3 is 10.2 Å². The lowest BCUT2D eigenvalue weighted by molar-refractivity contribution is -0.139. The van der Waals surface area contributed by atoms with Crippen LogP contribution in [0.25, 0.3) is 0 Å². The second-order valence-corrected chi connectivity index (χ2v) is 13.3. The number of benzene rings is 2. The van der Waals surface area contributed by atoms with Gasteiger partial charge >= 0.3 is 0 Å². The second-order valence-electron chi connectivity index (χ2n) is 13.3. The van der Waals surface area contributed by atoms with Crippen LogP contribution in [0.5, 0.6) is 0 Å². The van der Waals surface area contributed by atoms with E-state index >= 15 is 0 Å². The van der Waals surface area contributed by atoms with Gasteiger partial charge in [0.05, 0.1) is 0 Å². The molecule has 2 amide bonds. The maximum absolute atomic E-state index is 13.4. The predicted molar refractivity (Wildman–Crippen MR) is 156 cm³/mol. The summed E-state index contributed by atoms with van der Waals surface area (Å²) in [6.07, 6.45) is 11.8. The minimum atomic E-state index is 0.0687. The lowest BCUT2D eigenvalue weighted by Crippen LogP contribution is -2.59. The van der Waals surface area contributed by atoms with Gasteiger partial charge in [-0.1, -0.05) is 80.6 Å². The van der Waals surface area contributed by atoms with Crippen LogP contribution in [0, 0.1) is 34.5 Å². The highest BCUT2D eigenvalue weighted by Crippen LogP contribution is 2.65. The van der Waals surface area contributed by atoms with Crippen molar-refractivity contribution in [3.8, 4) is 0 Å². The highest BCUT2D eigenvalue weighted by molar-refractivity contribution is 5.89. The molecule has 4 heteroatoms. The summed E-state index contributed by atoms with van der Waals surface area (Å²) in [5, 5.41) is 3.39. The average molecular weight is 525 g/mol. The lowest BCUT2D eigenvalue weighted by atomic mass is 9.47. The van der Waals surface area contributed by atoms with Gasteiger partial charge in [-0.15, -0.1) is 0 Å². The number of fused-ring (bicyclic) bond motifs is 5. The summed E-state index contributed by atoms with van der Waals surface area (Å²) in [5.74, 6) is 3.00. The van der Waals surface area contributed by atoms with Crippen molar-refractivity contribution < 1.29 is 9.59 Å². The first kappa shape index (κ1) is 26.3. The van der Waals surface area contributed by atoms with Gasteiger partial charge in [0.2, 0.25) is 11.8 Å². The van der Waals surface area contributed by atoms with Crippen LogP contribution in [0.4, 0.5) is 0 Å². The van der Waals surface area contributed by atoms with Gasteiger partial charge in [0, 0.05) is 37.4 Å². The summed E-state index contributed by atoms with van der Waals surface area (Å²) in [6.45, 7) is 5.73. The number of hydrogen-bond acceptors (Lipinski definition) is 2. The maximum Gasteiger partial charge on any atom is 0.246 e. The minimum absolute atomic E-state index is 0.0687. The van der Waals surface area contributed by atoms with Gasteiger partial charge in [-0.25, -0.2) is 0 Å². The van der Waals surface area contributed by atoms with Crippen molar-refractivity contribution in [1.82, 2.24) is 10.2 Å². The molecule has 2 aromatic carbocycles. The molecule has 1 heterocycles. The van der Waals surface area contributed by atoms with Crippen molar-refractivity contribution >= 4 is 11.8 Å². The van der Waals surface area contributed by atoms with Crippen LogP contribution >= 0.6 is 0 Å². The molecule has 0 radical (unpaired) electrons. The SMILES string of the molecule is CN1C(=O)C=C[C@]2(C)[C@H]3CC[C@]4(C)[C@@H](CNC(=O)CC(c5ccccc5)c5ccccc5)CC[C@H]4[C@@H]3CC[C@@H]12. The monoisotopic (exact) mass is 524 g/mol. The Hall–Kier alpha value is -2.88. The molecule has 0 aromatic heterocycles. The van der Waals surface area contributed by atoms with E-state index in [2.05, 4.69) is 73.8 Å². The van der Waals surface area contributed by atoms with Crippen molar-refractivity contribution in [2.24, 2.45) is 34.5 Å². The molecule has 3 fully saturated rings. The predicted octanol–water partition coefficient (Wildman–Crippen LogP) is 6.58. The van der Waals surface area contributed by atoms with Crippen LogP contribution in [0.3, 0.4) is 0 Å². The largest absolute Gasteiger partial charge is 0.356 e. The third-order valence-electron chi connectivity index (χ3n) is 11.7. The van der Waals surface area contributed by atoms with E-state index < -0.39 is 0 Å². The van der Waals surface area contributed by atoms with Crippen molar-refractivity contribution in [1.29, 1.82) is 0 Å². The summed E-state index contributed by atoms with van der Waals surface area (Å²) >= 11 is 0. The van der Waals surface area contributed by atoms with Crippen molar-refractivity contribution in [2.45, 2.75) is 70.8 Å². The van der Waals surface area contributed by atoms with E-state index in [0.29, 0.717) is 30.2 Å². The summed E-state index contributed by atoms with van der Waals surface area (Å²) < 4.78 is 0. The Morgan fingerprint density at radius 1 is 0.923 bits per heavy atom. The number of rotatable bonds is 6. The number of amides is 2. The molecule has 0 bridgehead atoms. The molecule has 7 atom stereocenters. The Labute approximate surface area is 234 Å². The van der Waals surface area contributed by atoms with Crippen LogP contribution in [0.2, 0.25) is 0 Å². The molecule has 39 heavy (non-hydrogen) atoms. The molecule has 0 saturated heterocycles.